The fourth-order valence-electron chi connectivity index (χ4n) is 2.38. The van der Waals surface area contributed by atoms with Crippen LogP contribution in [0.2, 0.25) is 0 Å². The molecule has 3 unspecified atom stereocenters. The van der Waals surface area contributed by atoms with Crippen molar-refractivity contribution in [3.8, 4) is 0 Å². The van der Waals surface area contributed by atoms with Crippen molar-refractivity contribution in [3.05, 3.63) is 15.6 Å². The molecule has 0 fully saturated rings. The van der Waals surface area contributed by atoms with Gasteiger partial charge in [0.05, 0.1) is 10.7 Å². The average molecular weight is 268 g/mol. The van der Waals surface area contributed by atoms with Gasteiger partial charge in [-0.05, 0) is 39.5 Å². The second-order valence-corrected chi connectivity index (χ2v) is 6.66. The van der Waals surface area contributed by atoms with Gasteiger partial charge in [0.25, 0.3) is 0 Å². The van der Waals surface area contributed by atoms with Gasteiger partial charge in [0.15, 0.2) is 0 Å². The van der Waals surface area contributed by atoms with Crippen LogP contribution in [0.5, 0.6) is 0 Å². The van der Waals surface area contributed by atoms with Gasteiger partial charge in [-0.1, -0.05) is 27.2 Å². The van der Waals surface area contributed by atoms with Crippen LogP contribution in [0.15, 0.2) is 0 Å². The summed E-state index contributed by atoms with van der Waals surface area (Å²) in [4.78, 5) is 5.92. The molecule has 0 spiro atoms. The number of aryl methyl sites for hydroxylation is 2. The van der Waals surface area contributed by atoms with Gasteiger partial charge >= 0.3 is 0 Å². The van der Waals surface area contributed by atoms with Crippen LogP contribution in [0.25, 0.3) is 0 Å². The van der Waals surface area contributed by atoms with E-state index in [0.717, 1.165) is 5.92 Å². The Bertz CT molecular complexity index is 359. The normalized spacial score (nSPS) is 16.6. The molecule has 1 aromatic rings. The molecule has 0 aliphatic heterocycles. The lowest BCUT2D eigenvalue weighted by Crippen LogP contribution is -2.32. The minimum atomic E-state index is 0.421. The Kier molecular flexibility index (Phi) is 6.30. The summed E-state index contributed by atoms with van der Waals surface area (Å²) in [5.74, 6) is 0.805. The molecular weight excluding hydrogens is 240 g/mol. The number of hydrogen-bond acceptors (Lipinski definition) is 3. The van der Waals surface area contributed by atoms with E-state index >= 15 is 0 Å². The molecule has 0 aliphatic rings. The van der Waals surface area contributed by atoms with Crippen LogP contribution in [-0.4, -0.2) is 11.0 Å². The Morgan fingerprint density at radius 2 is 1.83 bits per heavy atom. The Morgan fingerprint density at radius 3 is 2.28 bits per heavy atom. The lowest BCUT2D eigenvalue weighted by atomic mass is 9.97. The molecule has 0 amide bonds. The van der Waals surface area contributed by atoms with E-state index in [-0.39, 0.29) is 0 Å². The highest BCUT2D eigenvalue weighted by Crippen LogP contribution is 2.26. The Labute approximate surface area is 116 Å². The first-order valence-corrected chi connectivity index (χ1v) is 7.99. The van der Waals surface area contributed by atoms with E-state index in [4.69, 9.17) is 0 Å². The van der Waals surface area contributed by atoms with E-state index in [0.29, 0.717) is 12.1 Å². The maximum atomic E-state index is 4.52. The summed E-state index contributed by atoms with van der Waals surface area (Å²) in [6.45, 7) is 13.4. The molecular formula is C15H28N2S. The highest BCUT2D eigenvalue weighted by Gasteiger charge is 2.17. The molecule has 1 N–H and O–H groups in total. The quantitative estimate of drug-likeness (QED) is 0.780. The van der Waals surface area contributed by atoms with Gasteiger partial charge in [-0.15, -0.1) is 11.3 Å². The molecule has 2 nitrogen and oxygen atoms in total. The highest BCUT2D eigenvalue weighted by atomic mass is 32.1. The van der Waals surface area contributed by atoms with Crippen molar-refractivity contribution < 1.29 is 0 Å². The van der Waals surface area contributed by atoms with Crippen molar-refractivity contribution in [1.29, 1.82) is 0 Å². The van der Waals surface area contributed by atoms with E-state index < -0.39 is 0 Å². The topological polar surface area (TPSA) is 24.9 Å². The largest absolute Gasteiger partial charge is 0.307 e. The van der Waals surface area contributed by atoms with Gasteiger partial charge in [-0.25, -0.2) is 4.98 Å². The van der Waals surface area contributed by atoms with Gasteiger partial charge in [-0.2, -0.15) is 0 Å². The summed E-state index contributed by atoms with van der Waals surface area (Å²) in [5.41, 5.74) is 1.19. The molecule has 3 heteroatoms. The van der Waals surface area contributed by atoms with Gasteiger partial charge < -0.3 is 5.32 Å². The zero-order chi connectivity index (χ0) is 13.7. The summed E-state index contributed by atoms with van der Waals surface area (Å²) in [5, 5.41) is 4.95. The van der Waals surface area contributed by atoms with Crippen molar-refractivity contribution in [2.75, 3.05) is 0 Å². The molecule has 1 aromatic heterocycles. The van der Waals surface area contributed by atoms with Gasteiger partial charge in [-0.3, -0.25) is 0 Å². The zero-order valence-electron chi connectivity index (χ0n) is 12.7. The number of aromatic nitrogens is 1. The molecule has 0 saturated heterocycles. The van der Waals surface area contributed by atoms with Crippen LogP contribution in [0, 0.1) is 19.8 Å². The monoisotopic (exact) mass is 268 g/mol. The van der Waals surface area contributed by atoms with E-state index in [9.17, 15) is 0 Å². The highest BCUT2D eigenvalue weighted by molar-refractivity contribution is 7.11. The molecule has 1 heterocycles. The standard InChI is InChI=1S/C15H28N2S/c1-7-10(3)9-14(8-2)17-12(5)15-11(4)16-13(6)18-15/h10,12,14,17H,7-9H2,1-6H3. The van der Waals surface area contributed by atoms with E-state index in [1.807, 2.05) is 11.3 Å². The lowest BCUT2D eigenvalue weighted by Gasteiger charge is -2.24. The minimum Gasteiger partial charge on any atom is -0.307 e. The summed E-state index contributed by atoms with van der Waals surface area (Å²) < 4.78 is 0. The van der Waals surface area contributed by atoms with Crippen LogP contribution in [-0.2, 0) is 0 Å². The molecule has 0 radical (unpaired) electrons. The first-order chi connectivity index (χ1) is 8.47. The predicted octanol–water partition coefficient (Wildman–Crippen LogP) is 4.63. The second-order valence-electron chi connectivity index (χ2n) is 5.43. The minimum absolute atomic E-state index is 0.421. The maximum absolute atomic E-state index is 4.52. The Balaban J connectivity index is 2.61. The Morgan fingerprint density at radius 1 is 1.17 bits per heavy atom. The maximum Gasteiger partial charge on any atom is 0.0900 e. The summed E-state index contributed by atoms with van der Waals surface area (Å²) in [6.07, 6.45) is 3.74. The lowest BCUT2D eigenvalue weighted by molar-refractivity contribution is 0.360. The van der Waals surface area contributed by atoms with Crippen molar-refractivity contribution in [2.45, 2.75) is 72.9 Å². The van der Waals surface area contributed by atoms with Crippen LogP contribution >= 0.6 is 11.3 Å². The third kappa shape index (κ3) is 4.36. The van der Waals surface area contributed by atoms with Crippen LogP contribution in [0.4, 0.5) is 0 Å². The number of hydrogen-bond donors (Lipinski definition) is 1. The summed E-state index contributed by atoms with van der Waals surface area (Å²) in [6, 6.07) is 1.04. The molecule has 0 saturated carbocycles. The zero-order valence-corrected chi connectivity index (χ0v) is 13.5. The number of rotatable bonds is 7. The molecule has 18 heavy (non-hydrogen) atoms. The molecule has 3 atom stereocenters. The fourth-order valence-corrected chi connectivity index (χ4v) is 3.32. The van der Waals surface area contributed by atoms with Crippen LogP contribution < -0.4 is 5.32 Å². The summed E-state index contributed by atoms with van der Waals surface area (Å²) in [7, 11) is 0. The van der Waals surface area contributed by atoms with E-state index in [2.05, 4.69) is 51.8 Å². The molecule has 0 aliphatic carbocycles. The number of nitrogens with zero attached hydrogens (tertiary/aromatic N) is 1. The van der Waals surface area contributed by atoms with E-state index in [1.165, 1.54) is 34.8 Å². The van der Waals surface area contributed by atoms with Crippen LogP contribution in [0.1, 0.15) is 68.6 Å². The SMILES string of the molecule is CCC(C)CC(CC)NC(C)c1sc(C)nc1C. The third-order valence-electron chi connectivity index (χ3n) is 3.70. The first-order valence-electron chi connectivity index (χ1n) is 7.17. The molecule has 0 bridgehead atoms. The van der Waals surface area contributed by atoms with Crippen LogP contribution in [0.3, 0.4) is 0 Å². The van der Waals surface area contributed by atoms with E-state index in [1.54, 1.807) is 0 Å². The number of thiazole rings is 1. The average Bonchev–Trinajstić information content (AvgIpc) is 2.67. The molecule has 1 rings (SSSR count). The Hall–Kier alpha value is -0.410. The fraction of sp³-hybridized carbons (Fsp3) is 0.800. The van der Waals surface area contributed by atoms with Gasteiger partial charge in [0.2, 0.25) is 0 Å². The number of nitrogens with one attached hydrogen (secondary N) is 1. The third-order valence-corrected chi connectivity index (χ3v) is 4.95. The second kappa shape index (κ2) is 7.25. The van der Waals surface area contributed by atoms with Gasteiger partial charge in [0, 0.05) is 17.0 Å². The van der Waals surface area contributed by atoms with Gasteiger partial charge in [0.1, 0.15) is 0 Å². The smallest absolute Gasteiger partial charge is 0.0900 e. The molecule has 104 valence electrons. The molecule has 0 aromatic carbocycles. The van der Waals surface area contributed by atoms with Crippen molar-refractivity contribution in [1.82, 2.24) is 10.3 Å². The summed E-state index contributed by atoms with van der Waals surface area (Å²) >= 11 is 1.83. The van der Waals surface area contributed by atoms with Crippen molar-refractivity contribution in [2.24, 2.45) is 5.92 Å². The van der Waals surface area contributed by atoms with Crippen molar-refractivity contribution in [3.63, 3.8) is 0 Å². The van der Waals surface area contributed by atoms with Crippen molar-refractivity contribution >= 4 is 11.3 Å². The first kappa shape index (κ1) is 15.6. The predicted molar refractivity (Wildman–Crippen MR) is 81.3 cm³/mol.